The smallest absolute Gasteiger partial charge is 0.216 e. The molecule has 1 aromatic heterocycles. The van der Waals surface area contributed by atoms with Crippen LogP contribution in [-0.2, 0) is 4.74 Å². The number of nitrogens with zero attached hydrogens (tertiary/aromatic N) is 1. The summed E-state index contributed by atoms with van der Waals surface area (Å²) in [5.41, 5.74) is 0. The van der Waals surface area contributed by atoms with Crippen molar-refractivity contribution >= 4 is 17.1 Å². The molecule has 1 unspecified atom stereocenters. The first-order chi connectivity index (χ1) is 8.86. The summed E-state index contributed by atoms with van der Waals surface area (Å²) in [4.78, 5) is 15.5. The Balaban J connectivity index is 1.52. The Morgan fingerprint density at radius 1 is 1.56 bits per heavy atom. The van der Waals surface area contributed by atoms with E-state index in [2.05, 4.69) is 10.3 Å². The molecule has 5 heteroatoms. The Morgan fingerprint density at radius 2 is 2.50 bits per heavy atom. The van der Waals surface area contributed by atoms with Gasteiger partial charge < -0.3 is 10.1 Å². The van der Waals surface area contributed by atoms with Gasteiger partial charge in [0, 0.05) is 24.2 Å². The molecule has 0 spiro atoms. The number of rotatable bonds is 7. The number of carbonyl (C=O) groups excluding carboxylic acids is 1. The third-order valence-electron chi connectivity index (χ3n) is 3.16. The van der Waals surface area contributed by atoms with Crippen molar-refractivity contribution in [1.29, 1.82) is 0 Å². The summed E-state index contributed by atoms with van der Waals surface area (Å²) >= 11 is 1.37. The van der Waals surface area contributed by atoms with Gasteiger partial charge in [0.05, 0.1) is 0 Å². The van der Waals surface area contributed by atoms with Gasteiger partial charge >= 0.3 is 0 Å². The lowest BCUT2D eigenvalue weighted by Crippen LogP contribution is -2.34. The number of ketones is 1. The third kappa shape index (κ3) is 4.48. The molecule has 4 nitrogen and oxygen atoms in total. The van der Waals surface area contributed by atoms with Crippen LogP contribution in [0.4, 0.5) is 0 Å². The maximum absolute atomic E-state index is 11.6. The summed E-state index contributed by atoms with van der Waals surface area (Å²) in [6.07, 6.45) is 7.72. The highest BCUT2D eigenvalue weighted by Crippen LogP contribution is 2.11. The molecule has 2 heterocycles. The Bertz CT molecular complexity index is 348. The van der Waals surface area contributed by atoms with E-state index in [0.29, 0.717) is 17.7 Å². The first-order valence-electron chi connectivity index (χ1n) is 6.60. The number of aromatic nitrogens is 1. The molecule has 1 atom stereocenters. The number of hydrogen-bond acceptors (Lipinski definition) is 5. The van der Waals surface area contributed by atoms with Gasteiger partial charge in [0.15, 0.2) is 5.01 Å². The van der Waals surface area contributed by atoms with E-state index in [4.69, 9.17) is 4.74 Å². The molecule has 0 amide bonds. The van der Waals surface area contributed by atoms with E-state index in [9.17, 15) is 4.79 Å². The van der Waals surface area contributed by atoms with Gasteiger partial charge in [-0.05, 0) is 32.2 Å². The molecule has 1 N–H and O–H groups in total. The standard InChI is InChI=1S/C13H20N2O2S/c16-12(13-15-7-9-18-13)10-17-8-3-5-11-4-1-2-6-14-11/h7,9,11,14H,1-6,8,10H2. The molecular weight excluding hydrogens is 248 g/mol. The number of ether oxygens (including phenoxy) is 1. The lowest BCUT2D eigenvalue weighted by atomic mass is 10.0. The highest BCUT2D eigenvalue weighted by Gasteiger charge is 2.12. The van der Waals surface area contributed by atoms with Gasteiger partial charge in [-0.3, -0.25) is 4.79 Å². The van der Waals surface area contributed by atoms with E-state index in [0.717, 1.165) is 19.4 Å². The summed E-state index contributed by atoms with van der Waals surface area (Å²) in [6, 6.07) is 0.650. The van der Waals surface area contributed by atoms with Crippen LogP contribution in [0.3, 0.4) is 0 Å². The van der Waals surface area contributed by atoms with Crippen molar-refractivity contribution in [2.75, 3.05) is 19.8 Å². The van der Waals surface area contributed by atoms with Crippen LogP contribution in [0.1, 0.15) is 41.9 Å². The van der Waals surface area contributed by atoms with E-state index in [1.807, 2.05) is 5.38 Å². The van der Waals surface area contributed by atoms with Gasteiger partial charge in [0.1, 0.15) is 6.61 Å². The molecule has 100 valence electrons. The fraction of sp³-hybridized carbons (Fsp3) is 0.692. The molecule has 0 bridgehead atoms. The van der Waals surface area contributed by atoms with Crippen molar-refractivity contribution in [2.24, 2.45) is 0 Å². The average molecular weight is 268 g/mol. The quantitative estimate of drug-likeness (QED) is 0.609. The summed E-state index contributed by atoms with van der Waals surface area (Å²) < 4.78 is 5.40. The zero-order chi connectivity index (χ0) is 12.6. The van der Waals surface area contributed by atoms with Crippen LogP contribution in [0.2, 0.25) is 0 Å². The van der Waals surface area contributed by atoms with Crippen LogP contribution in [0.5, 0.6) is 0 Å². The molecular formula is C13H20N2O2S. The molecule has 2 rings (SSSR count). The predicted octanol–water partition coefficient (Wildman–Crippen LogP) is 2.26. The van der Waals surface area contributed by atoms with E-state index in [1.54, 1.807) is 6.20 Å². The van der Waals surface area contributed by atoms with Gasteiger partial charge in [-0.15, -0.1) is 11.3 Å². The molecule has 0 saturated carbocycles. The molecule has 1 aliphatic heterocycles. The molecule has 0 aliphatic carbocycles. The minimum atomic E-state index is -0.0132. The summed E-state index contributed by atoms with van der Waals surface area (Å²) in [5, 5.41) is 5.86. The molecule has 18 heavy (non-hydrogen) atoms. The van der Waals surface area contributed by atoms with Crippen LogP contribution < -0.4 is 5.32 Å². The Labute approximate surface area is 112 Å². The van der Waals surface area contributed by atoms with Crippen molar-refractivity contribution in [2.45, 2.75) is 38.1 Å². The second-order valence-corrected chi connectivity index (χ2v) is 5.50. The molecule has 0 aromatic carbocycles. The van der Waals surface area contributed by atoms with E-state index < -0.39 is 0 Å². The Morgan fingerprint density at radius 3 is 3.22 bits per heavy atom. The van der Waals surface area contributed by atoms with Crippen LogP contribution in [0.25, 0.3) is 0 Å². The van der Waals surface area contributed by atoms with Crippen molar-refractivity contribution in [1.82, 2.24) is 10.3 Å². The van der Waals surface area contributed by atoms with Gasteiger partial charge in [-0.1, -0.05) is 6.42 Å². The van der Waals surface area contributed by atoms with Crippen molar-refractivity contribution in [3.8, 4) is 0 Å². The number of nitrogens with one attached hydrogen (secondary N) is 1. The van der Waals surface area contributed by atoms with Gasteiger partial charge in [-0.2, -0.15) is 0 Å². The minimum Gasteiger partial charge on any atom is -0.373 e. The van der Waals surface area contributed by atoms with Crippen LogP contribution in [0, 0.1) is 0 Å². The molecule has 1 aliphatic rings. The average Bonchev–Trinajstić information content (AvgIpc) is 2.93. The van der Waals surface area contributed by atoms with Crippen LogP contribution in [0.15, 0.2) is 11.6 Å². The second-order valence-electron chi connectivity index (χ2n) is 4.60. The Hall–Kier alpha value is -0.780. The minimum absolute atomic E-state index is 0.0132. The largest absolute Gasteiger partial charge is 0.373 e. The molecule has 1 aromatic rings. The fourth-order valence-corrected chi connectivity index (χ4v) is 2.75. The number of hydrogen-bond donors (Lipinski definition) is 1. The van der Waals surface area contributed by atoms with Gasteiger partial charge in [0.25, 0.3) is 0 Å². The maximum Gasteiger partial charge on any atom is 0.216 e. The van der Waals surface area contributed by atoms with E-state index >= 15 is 0 Å². The number of Topliss-reactive ketones (excluding diaryl/α,β-unsaturated/α-hetero) is 1. The maximum atomic E-state index is 11.6. The lowest BCUT2D eigenvalue weighted by Gasteiger charge is -2.23. The second kappa shape index (κ2) is 7.61. The van der Waals surface area contributed by atoms with Crippen LogP contribution in [-0.4, -0.2) is 36.6 Å². The molecule has 1 saturated heterocycles. The fourth-order valence-electron chi connectivity index (χ4n) is 2.19. The summed E-state index contributed by atoms with van der Waals surface area (Å²) in [7, 11) is 0. The van der Waals surface area contributed by atoms with E-state index in [1.165, 1.54) is 30.6 Å². The predicted molar refractivity (Wildman–Crippen MR) is 72.1 cm³/mol. The summed E-state index contributed by atoms with van der Waals surface area (Å²) in [5.74, 6) is -0.0132. The topological polar surface area (TPSA) is 51.2 Å². The first kappa shape index (κ1) is 13.6. The zero-order valence-corrected chi connectivity index (χ0v) is 11.4. The first-order valence-corrected chi connectivity index (χ1v) is 7.48. The van der Waals surface area contributed by atoms with Crippen molar-refractivity contribution in [3.63, 3.8) is 0 Å². The monoisotopic (exact) mass is 268 g/mol. The molecule has 0 radical (unpaired) electrons. The third-order valence-corrected chi connectivity index (χ3v) is 3.97. The Kier molecular flexibility index (Phi) is 5.77. The number of piperidine rings is 1. The SMILES string of the molecule is O=C(COCCCC1CCCCN1)c1nccs1. The van der Waals surface area contributed by atoms with Crippen molar-refractivity contribution in [3.05, 3.63) is 16.6 Å². The van der Waals surface area contributed by atoms with Gasteiger partial charge in [0.2, 0.25) is 5.78 Å². The highest BCUT2D eigenvalue weighted by molar-refractivity contribution is 7.11. The normalized spacial score (nSPS) is 19.9. The number of thiazole rings is 1. The van der Waals surface area contributed by atoms with Crippen LogP contribution >= 0.6 is 11.3 Å². The lowest BCUT2D eigenvalue weighted by molar-refractivity contribution is 0.0748. The van der Waals surface area contributed by atoms with E-state index in [-0.39, 0.29) is 12.4 Å². The van der Waals surface area contributed by atoms with Crippen molar-refractivity contribution < 1.29 is 9.53 Å². The van der Waals surface area contributed by atoms with Gasteiger partial charge in [-0.25, -0.2) is 4.98 Å². The number of carbonyl (C=O) groups is 1. The highest BCUT2D eigenvalue weighted by atomic mass is 32.1. The zero-order valence-electron chi connectivity index (χ0n) is 10.6. The molecule has 1 fully saturated rings. The summed E-state index contributed by atoms with van der Waals surface area (Å²) in [6.45, 7) is 1.97.